The van der Waals surface area contributed by atoms with E-state index in [0.717, 1.165) is 19.3 Å². The highest BCUT2D eigenvalue weighted by atomic mass is 16.2. The van der Waals surface area contributed by atoms with Crippen molar-refractivity contribution >= 4 is 11.8 Å². The zero-order valence-electron chi connectivity index (χ0n) is 11.9. The molecule has 2 atom stereocenters. The number of hydrogen-bond acceptors (Lipinski definition) is 2. The molecule has 0 aromatic rings. The molecule has 0 unspecified atom stereocenters. The quantitative estimate of drug-likeness (QED) is 0.659. The van der Waals surface area contributed by atoms with Crippen LogP contribution in [0.5, 0.6) is 0 Å². The predicted molar refractivity (Wildman–Crippen MR) is 76.2 cm³/mol. The Morgan fingerprint density at radius 2 is 2.00 bits per heavy atom. The van der Waals surface area contributed by atoms with Crippen LogP contribution in [0.1, 0.15) is 45.4 Å². The highest BCUT2D eigenvalue weighted by Crippen LogP contribution is 2.33. The van der Waals surface area contributed by atoms with Crippen molar-refractivity contribution in [2.24, 2.45) is 23.5 Å². The molecule has 1 saturated carbocycles. The van der Waals surface area contributed by atoms with Crippen LogP contribution in [0.25, 0.3) is 0 Å². The molecule has 1 rings (SSSR count). The van der Waals surface area contributed by atoms with Crippen LogP contribution >= 0.6 is 0 Å². The van der Waals surface area contributed by atoms with E-state index in [1.54, 1.807) is 6.08 Å². The maximum absolute atomic E-state index is 12.2. The standard InChI is InChI=1S/C15H26N2O2/c1-3-7-12(14(16)18)13(15(19)17-4-2)10-11-8-5-6-9-11/h3,11-13H,1,4-10H2,2H3,(H2,16,18)(H,17,19)/t12-,13+/m0/s1. The summed E-state index contributed by atoms with van der Waals surface area (Å²) in [7, 11) is 0. The van der Waals surface area contributed by atoms with E-state index in [9.17, 15) is 9.59 Å². The Bertz CT molecular complexity index is 322. The lowest BCUT2D eigenvalue weighted by atomic mass is 9.81. The number of amides is 2. The van der Waals surface area contributed by atoms with Crippen molar-refractivity contribution in [3.63, 3.8) is 0 Å². The van der Waals surface area contributed by atoms with E-state index in [1.807, 2.05) is 6.92 Å². The van der Waals surface area contributed by atoms with Gasteiger partial charge in [-0.2, -0.15) is 0 Å². The largest absolute Gasteiger partial charge is 0.369 e. The van der Waals surface area contributed by atoms with Crippen LogP contribution in [-0.2, 0) is 9.59 Å². The van der Waals surface area contributed by atoms with Crippen molar-refractivity contribution < 1.29 is 9.59 Å². The number of carbonyl (C=O) groups excluding carboxylic acids is 2. The molecule has 19 heavy (non-hydrogen) atoms. The van der Waals surface area contributed by atoms with Crippen molar-refractivity contribution in [2.75, 3.05) is 6.54 Å². The fraction of sp³-hybridized carbons (Fsp3) is 0.733. The Hall–Kier alpha value is -1.32. The van der Waals surface area contributed by atoms with Gasteiger partial charge in [0.1, 0.15) is 0 Å². The Labute approximate surface area is 115 Å². The molecule has 4 nitrogen and oxygen atoms in total. The zero-order valence-corrected chi connectivity index (χ0v) is 11.9. The van der Waals surface area contributed by atoms with E-state index in [4.69, 9.17) is 5.73 Å². The summed E-state index contributed by atoms with van der Waals surface area (Å²) in [4.78, 5) is 23.8. The van der Waals surface area contributed by atoms with E-state index in [0.29, 0.717) is 18.9 Å². The van der Waals surface area contributed by atoms with Gasteiger partial charge in [-0.05, 0) is 25.7 Å². The summed E-state index contributed by atoms with van der Waals surface area (Å²) in [6.45, 7) is 6.13. The summed E-state index contributed by atoms with van der Waals surface area (Å²) in [5, 5.41) is 2.83. The number of hydrogen-bond donors (Lipinski definition) is 2. The van der Waals surface area contributed by atoms with E-state index >= 15 is 0 Å². The lowest BCUT2D eigenvalue weighted by Crippen LogP contribution is -2.41. The fourth-order valence-electron chi connectivity index (χ4n) is 3.02. The number of allylic oxidation sites excluding steroid dienone is 1. The lowest BCUT2D eigenvalue weighted by Gasteiger charge is -2.25. The smallest absolute Gasteiger partial charge is 0.223 e. The molecule has 3 N–H and O–H groups in total. The summed E-state index contributed by atoms with van der Waals surface area (Å²) in [6, 6.07) is 0. The van der Waals surface area contributed by atoms with Crippen molar-refractivity contribution in [3.05, 3.63) is 12.7 Å². The van der Waals surface area contributed by atoms with Crippen molar-refractivity contribution in [1.82, 2.24) is 5.32 Å². The van der Waals surface area contributed by atoms with Gasteiger partial charge in [-0.15, -0.1) is 6.58 Å². The number of carbonyl (C=O) groups is 2. The Morgan fingerprint density at radius 3 is 2.47 bits per heavy atom. The first kappa shape index (κ1) is 15.7. The summed E-state index contributed by atoms with van der Waals surface area (Å²) in [5.41, 5.74) is 5.47. The highest BCUT2D eigenvalue weighted by molar-refractivity contribution is 5.87. The molecule has 0 bridgehead atoms. The topological polar surface area (TPSA) is 72.2 Å². The van der Waals surface area contributed by atoms with Gasteiger partial charge in [0.05, 0.1) is 11.8 Å². The number of nitrogens with one attached hydrogen (secondary N) is 1. The average Bonchev–Trinajstić information content (AvgIpc) is 2.86. The third-order valence-corrected chi connectivity index (χ3v) is 4.02. The number of rotatable bonds is 8. The summed E-state index contributed by atoms with van der Waals surface area (Å²) >= 11 is 0. The minimum Gasteiger partial charge on any atom is -0.369 e. The molecule has 1 fully saturated rings. The van der Waals surface area contributed by atoms with Gasteiger partial charge in [-0.1, -0.05) is 31.8 Å². The molecule has 1 aliphatic carbocycles. The minimum atomic E-state index is -0.426. The van der Waals surface area contributed by atoms with Gasteiger partial charge in [-0.3, -0.25) is 9.59 Å². The number of nitrogens with two attached hydrogens (primary N) is 1. The molecule has 4 heteroatoms. The SMILES string of the molecule is C=CC[C@H](C(N)=O)[C@@H](CC1CCCC1)C(=O)NCC. The molecule has 0 aliphatic heterocycles. The lowest BCUT2D eigenvalue weighted by molar-refractivity contribution is -0.133. The van der Waals surface area contributed by atoms with Gasteiger partial charge in [-0.25, -0.2) is 0 Å². The highest BCUT2D eigenvalue weighted by Gasteiger charge is 2.33. The molecule has 2 amide bonds. The molecule has 0 aromatic heterocycles. The van der Waals surface area contributed by atoms with Crippen LogP contribution in [0.15, 0.2) is 12.7 Å². The Balaban J connectivity index is 2.78. The molecule has 0 aromatic carbocycles. The van der Waals surface area contributed by atoms with E-state index < -0.39 is 11.8 Å². The maximum Gasteiger partial charge on any atom is 0.223 e. The van der Waals surface area contributed by atoms with Gasteiger partial charge >= 0.3 is 0 Å². The fourth-order valence-corrected chi connectivity index (χ4v) is 3.02. The first-order chi connectivity index (χ1) is 9.10. The van der Waals surface area contributed by atoms with Gasteiger partial charge < -0.3 is 11.1 Å². The van der Waals surface area contributed by atoms with Crippen LogP contribution in [0.3, 0.4) is 0 Å². The molecular weight excluding hydrogens is 240 g/mol. The molecule has 0 radical (unpaired) electrons. The van der Waals surface area contributed by atoms with Gasteiger partial charge in [0.2, 0.25) is 11.8 Å². The first-order valence-electron chi connectivity index (χ1n) is 7.28. The van der Waals surface area contributed by atoms with Crippen molar-refractivity contribution in [3.8, 4) is 0 Å². The van der Waals surface area contributed by atoms with E-state index in [-0.39, 0.29) is 11.8 Å². The van der Waals surface area contributed by atoms with Gasteiger partial charge in [0.25, 0.3) is 0 Å². The second-order valence-corrected chi connectivity index (χ2v) is 5.42. The van der Waals surface area contributed by atoms with Crippen molar-refractivity contribution in [2.45, 2.75) is 45.4 Å². The van der Waals surface area contributed by atoms with Crippen LogP contribution in [0, 0.1) is 17.8 Å². The minimum absolute atomic E-state index is 0.0416. The molecule has 108 valence electrons. The van der Waals surface area contributed by atoms with Crippen LogP contribution in [0.2, 0.25) is 0 Å². The molecule has 0 saturated heterocycles. The third-order valence-electron chi connectivity index (χ3n) is 4.02. The van der Waals surface area contributed by atoms with Crippen LogP contribution < -0.4 is 11.1 Å². The average molecular weight is 266 g/mol. The zero-order chi connectivity index (χ0) is 14.3. The molecule has 0 spiro atoms. The Morgan fingerprint density at radius 1 is 1.37 bits per heavy atom. The Kier molecular flexibility index (Phi) is 6.60. The van der Waals surface area contributed by atoms with Crippen LogP contribution in [-0.4, -0.2) is 18.4 Å². The van der Waals surface area contributed by atoms with Gasteiger partial charge in [0, 0.05) is 6.54 Å². The second kappa shape index (κ2) is 7.97. The summed E-state index contributed by atoms with van der Waals surface area (Å²) < 4.78 is 0. The van der Waals surface area contributed by atoms with Gasteiger partial charge in [0.15, 0.2) is 0 Å². The second-order valence-electron chi connectivity index (χ2n) is 5.42. The predicted octanol–water partition coefficient (Wildman–Crippen LogP) is 2.00. The number of primary amides is 1. The van der Waals surface area contributed by atoms with Crippen molar-refractivity contribution in [1.29, 1.82) is 0 Å². The van der Waals surface area contributed by atoms with E-state index in [1.165, 1.54) is 12.8 Å². The summed E-state index contributed by atoms with van der Waals surface area (Å²) in [5.74, 6) is -0.614. The molecular formula is C15H26N2O2. The normalized spacial score (nSPS) is 18.8. The maximum atomic E-state index is 12.2. The van der Waals surface area contributed by atoms with Crippen LogP contribution in [0.4, 0.5) is 0 Å². The first-order valence-corrected chi connectivity index (χ1v) is 7.28. The van der Waals surface area contributed by atoms with E-state index in [2.05, 4.69) is 11.9 Å². The third kappa shape index (κ3) is 4.69. The molecule has 1 aliphatic rings. The summed E-state index contributed by atoms with van der Waals surface area (Å²) in [6.07, 6.45) is 7.71. The molecule has 0 heterocycles. The monoisotopic (exact) mass is 266 g/mol.